The number of carbonyl (C=O) groups is 1. The third-order valence-corrected chi connectivity index (χ3v) is 2.31. The normalized spacial score (nSPS) is 11.5. The second-order valence-corrected chi connectivity index (χ2v) is 3.62. The summed E-state index contributed by atoms with van der Waals surface area (Å²) in [5.41, 5.74) is -0.685. The minimum Gasteiger partial charge on any atom is -0.284 e. The third kappa shape index (κ3) is 2.43. The summed E-state index contributed by atoms with van der Waals surface area (Å²) in [5, 5.41) is 0. The Hall–Kier alpha value is -0.660. The van der Waals surface area contributed by atoms with Crippen molar-refractivity contribution >= 4 is 28.4 Å². The Labute approximate surface area is 90.2 Å². The highest BCUT2D eigenvalue weighted by atomic mass is 127. The molecule has 14 heavy (non-hydrogen) atoms. The van der Waals surface area contributed by atoms with Gasteiger partial charge in [-0.3, -0.25) is 4.79 Å². The van der Waals surface area contributed by atoms with Crippen LogP contribution in [0.5, 0.6) is 0 Å². The summed E-state index contributed by atoms with van der Waals surface area (Å²) in [5.74, 6) is -2.87. The van der Waals surface area contributed by atoms with Gasteiger partial charge in [-0.05, 0) is 40.8 Å². The molecule has 0 atom stereocenters. The molecule has 1 nitrogen and oxygen atoms in total. The van der Waals surface area contributed by atoms with Crippen LogP contribution in [-0.2, 0) is 0 Å². The number of hydrogen-bond donors (Lipinski definition) is 0. The number of rotatable bonds is 1. The molecule has 0 aliphatic heterocycles. The van der Waals surface area contributed by atoms with Crippen LogP contribution in [0.25, 0.3) is 0 Å². The van der Waals surface area contributed by atoms with Crippen LogP contribution in [0.2, 0.25) is 0 Å². The fourth-order valence-corrected chi connectivity index (χ4v) is 1.14. The number of alkyl halides is 3. The van der Waals surface area contributed by atoms with Gasteiger partial charge in [-0.15, -0.1) is 0 Å². The van der Waals surface area contributed by atoms with Crippen LogP contribution in [0.1, 0.15) is 10.4 Å². The van der Waals surface area contributed by atoms with Crippen LogP contribution < -0.4 is 0 Å². The first-order valence-corrected chi connectivity index (χ1v) is 4.47. The lowest BCUT2D eigenvalue weighted by Gasteiger charge is -2.05. The van der Waals surface area contributed by atoms with Gasteiger partial charge in [0, 0.05) is 9.13 Å². The van der Waals surface area contributed by atoms with E-state index >= 15 is 0 Å². The Morgan fingerprint density at radius 2 is 1.86 bits per heavy atom. The zero-order valence-corrected chi connectivity index (χ0v) is 8.69. The average Bonchev–Trinajstić information content (AvgIpc) is 2.07. The maximum absolute atomic E-state index is 12.8. The highest BCUT2D eigenvalue weighted by molar-refractivity contribution is 14.1. The van der Waals surface area contributed by atoms with Crippen molar-refractivity contribution in [2.24, 2.45) is 0 Å². The van der Waals surface area contributed by atoms with Gasteiger partial charge in [0.25, 0.3) is 5.78 Å². The molecule has 0 bridgehead atoms. The molecule has 0 saturated carbocycles. The van der Waals surface area contributed by atoms with Crippen LogP contribution in [0.3, 0.4) is 0 Å². The predicted octanol–water partition coefficient (Wildman–Crippen LogP) is 3.18. The van der Waals surface area contributed by atoms with Crippen LogP contribution in [0, 0.1) is 9.39 Å². The van der Waals surface area contributed by atoms with E-state index < -0.39 is 23.3 Å². The molecule has 1 aromatic carbocycles. The van der Waals surface area contributed by atoms with E-state index in [-0.39, 0.29) is 3.57 Å². The maximum atomic E-state index is 12.8. The van der Waals surface area contributed by atoms with Gasteiger partial charge < -0.3 is 0 Å². The fraction of sp³-hybridized carbons (Fsp3) is 0.125. The van der Waals surface area contributed by atoms with Gasteiger partial charge in [0.05, 0.1) is 0 Å². The summed E-state index contributed by atoms with van der Waals surface area (Å²) in [7, 11) is 0. The molecule has 1 aromatic rings. The topological polar surface area (TPSA) is 17.1 Å². The Kier molecular flexibility index (Phi) is 3.13. The number of Topliss-reactive ketones (excluding diaryl/α,β-unsaturated/α-hetero) is 1. The molecule has 0 radical (unpaired) electrons. The van der Waals surface area contributed by atoms with Crippen molar-refractivity contribution in [3.05, 3.63) is 33.1 Å². The van der Waals surface area contributed by atoms with E-state index in [0.717, 1.165) is 12.1 Å². The van der Waals surface area contributed by atoms with Gasteiger partial charge in [0.15, 0.2) is 0 Å². The van der Waals surface area contributed by atoms with E-state index in [9.17, 15) is 22.4 Å². The van der Waals surface area contributed by atoms with Gasteiger partial charge in [0.2, 0.25) is 0 Å². The van der Waals surface area contributed by atoms with E-state index in [2.05, 4.69) is 0 Å². The largest absolute Gasteiger partial charge is 0.454 e. The van der Waals surface area contributed by atoms with Crippen LogP contribution >= 0.6 is 22.6 Å². The molecule has 1 rings (SSSR count). The van der Waals surface area contributed by atoms with Gasteiger partial charge in [0.1, 0.15) is 5.82 Å². The van der Waals surface area contributed by atoms with Crippen LogP contribution in [0.4, 0.5) is 17.6 Å². The predicted molar refractivity (Wildman–Crippen MR) is 49.5 cm³/mol. The van der Waals surface area contributed by atoms with Gasteiger partial charge in [-0.25, -0.2) is 4.39 Å². The molecular weight excluding hydrogens is 315 g/mol. The number of benzene rings is 1. The van der Waals surface area contributed by atoms with E-state index in [0.29, 0.717) is 6.07 Å². The Balaban J connectivity index is 3.10. The number of halogens is 5. The Bertz CT molecular complexity index is 372. The second-order valence-electron chi connectivity index (χ2n) is 2.46. The highest BCUT2D eigenvalue weighted by Gasteiger charge is 2.39. The minimum atomic E-state index is -4.96. The van der Waals surface area contributed by atoms with Crippen molar-refractivity contribution in [1.82, 2.24) is 0 Å². The van der Waals surface area contributed by atoms with Crippen LogP contribution in [0.15, 0.2) is 18.2 Å². The molecule has 0 aliphatic rings. The van der Waals surface area contributed by atoms with E-state index in [4.69, 9.17) is 0 Å². The Morgan fingerprint density at radius 1 is 1.29 bits per heavy atom. The zero-order valence-electron chi connectivity index (χ0n) is 6.53. The molecule has 0 heterocycles. The average molecular weight is 318 g/mol. The molecule has 0 fully saturated rings. The first-order valence-electron chi connectivity index (χ1n) is 3.39. The summed E-state index contributed by atoms with van der Waals surface area (Å²) in [6.07, 6.45) is -4.96. The minimum absolute atomic E-state index is 0.168. The molecule has 0 aliphatic carbocycles. The number of hydrogen-bond acceptors (Lipinski definition) is 1. The fourth-order valence-electron chi connectivity index (χ4n) is 0.801. The molecule has 0 saturated heterocycles. The van der Waals surface area contributed by atoms with Crippen LogP contribution in [-0.4, -0.2) is 12.0 Å². The first-order chi connectivity index (χ1) is 6.32. The van der Waals surface area contributed by atoms with E-state index in [1.165, 1.54) is 0 Å². The first kappa shape index (κ1) is 11.4. The third-order valence-electron chi connectivity index (χ3n) is 1.44. The van der Waals surface area contributed by atoms with Crippen molar-refractivity contribution in [2.45, 2.75) is 6.18 Å². The molecule has 0 amide bonds. The van der Waals surface area contributed by atoms with Gasteiger partial charge in [-0.1, -0.05) is 0 Å². The lowest BCUT2D eigenvalue weighted by atomic mass is 10.1. The smallest absolute Gasteiger partial charge is 0.284 e. The molecule has 0 N–H and O–H groups in total. The zero-order chi connectivity index (χ0) is 10.9. The van der Waals surface area contributed by atoms with Crippen molar-refractivity contribution in [3.63, 3.8) is 0 Å². The van der Waals surface area contributed by atoms with Gasteiger partial charge in [-0.2, -0.15) is 13.2 Å². The summed E-state index contributed by atoms with van der Waals surface area (Å²) in [4.78, 5) is 10.6. The van der Waals surface area contributed by atoms with Gasteiger partial charge >= 0.3 is 6.18 Å². The molecule has 0 unspecified atom stereocenters. The lowest BCUT2D eigenvalue weighted by Crippen LogP contribution is -2.22. The quantitative estimate of drug-likeness (QED) is 0.442. The molecule has 76 valence electrons. The highest BCUT2D eigenvalue weighted by Crippen LogP contribution is 2.22. The van der Waals surface area contributed by atoms with E-state index in [1.807, 2.05) is 0 Å². The second kappa shape index (κ2) is 3.84. The van der Waals surface area contributed by atoms with Crippen molar-refractivity contribution < 1.29 is 22.4 Å². The Morgan fingerprint density at radius 3 is 2.29 bits per heavy atom. The van der Waals surface area contributed by atoms with Crippen molar-refractivity contribution in [2.75, 3.05) is 0 Å². The maximum Gasteiger partial charge on any atom is 0.454 e. The molecular formula is C8H3F4IO. The monoisotopic (exact) mass is 318 g/mol. The summed E-state index contributed by atoms with van der Waals surface area (Å²) >= 11 is 1.62. The van der Waals surface area contributed by atoms with E-state index in [1.54, 1.807) is 22.6 Å². The summed E-state index contributed by atoms with van der Waals surface area (Å²) < 4.78 is 48.6. The summed E-state index contributed by atoms with van der Waals surface area (Å²) in [6, 6.07) is 2.65. The summed E-state index contributed by atoms with van der Waals surface area (Å²) in [6.45, 7) is 0. The number of carbonyl (C=O) groups excluding carboxylic acids is 1. The standard InChI is InChI=1S/C8H3F4IO/c9-5-3-4(1-2-6(5)13)7(14)8(10,11)12/h1-3H. The number of ketones is 1. The lowest BCUT2D eigenvalue weighted by molar-refractivity contribution is -0.0885. The molecule has 0 aromatic heterocycles. The van der Waals surface area contributed by atoms with Crippen molar-refractivity contribution in [1.29, 1.82) is 0 Å². The molecule has 0 spiro atoms. The molecule has 6 heteroatoms. The van der Waals surface area contributed by atoms with Crippen molar-refractivity contribution in [3.8, 4) is 0 Å². The SMILES string of the molecule is O=C(c1ccc(I)c(F)c1)C(F)(F)F.